The molecule has 6 heteroatoms. The van der Waals surface area contributed by atoms with Gasteiger partial charge in [-0.2, -0.15) is 0 Å². The Balaban J connectivity index is 2.61. The van der Waals surface area contributed by atoms with E-state index < -0.39 is 7.60 Å². The summed E-state index contributed by atoms with van der Waals surface area (Å²) in [5, 5.41) is 0. The van der Waals surface area contributed by atoms with Crippen LogP contribution >= 0.6 is 7.60 Å². The Morgan fingerprint density at radius 3 is 2.20 bits per heavy atom. The van der Waals surface area contributed by atoms with Crippen LogP contribution in [0, 0.1) is 5.92 Å². The molecule has 0 radical (unpaired) electrons. The second-order valence-electron chi connectivity index (χ2n) is 6.17. The zero-order chi connectivity index (χ0) is 15.4. The van der Waals surface area contributed by atoms with Gasteiger partial charge in [0, 0.05) is 18.0 Å². The lowest BCUT2D eigenvalue weighted by molar-refractivity contribution is -0.120. The number of Topliss-reactive ketones (excluding diaryl/α,β-unsaturated/α-hetero) is 1. The SMILES string of the molecule is CCOP(=O)(CC(=O)C1CCN(C(C)(C)C)C1)OCC. The number of carbonyl (C=O) groups excluding carboxylic acids is 1. The van der Waals surface area contributed by atoms with Crippen molar-refractivity contribution in [3.8, 4) is 0 Å². The highest BCUT2D eigenvalue weighted by molar-refractivity contribution is 7.54. The lowest BCUT2D eigenvalue weighted by Gasteiger charge is -2.31. The first-order valence-corrected chi connectivity index (χ1v) is 9.10. The van der Waals surface area contributed by atoms with Crippen LogP contribution in [0.15, 0.2) is 0 Å². The molecule has 0 aromatic heterocycles. The van der Waals surface area contributed by atoms with Crippen LogP contribution in [0.1, 0.15) is 41.0 Å². The van der Waals surface area contributed by atoms with Gasteiger partial charge in [0.15, 0.2) is 0 Å². The van der Waals surface area contributed by atoms with E-state index in [1.54, 1.807) is 13.8 Å². The molecule has 0 amide bonds. The van der Waals surface area contributed by atoms with E-state index in [-0.39, 0.29) is 23.4 Å². The minimum absolute atomic E-state index is 0.00184. The normalized spacial score (nSPS) is 21.4. The van der Waals surface area contributed by atoms with E-state index in [2.05, 4.69) is 25.7 Å². The quantitative estimate of drug-likeness (QED) is 0.677. The number of carbonyl (C=O) groups is 1. The molecule has 1 rings (SSSR count). The Kier molecular flexibility index (Phi) is 6.39. The van der Waals surface area contributed by atoms with E-state index >= 15 is 0 Å². The Bertz CT molecular complexity index is 368. The summed E-state index contributed by atoms with van der Waals surface area (Å²) in [5.74, 6) is -0.0505. The van der Waals surface area contributed by atoms with Crippen LogP contribution in [0.3, 0.4) is 0 Å². The summed E-state index contributed by atoms with van der Waals surface area (Å²) in [6, 6.07) is 0. The molecule has 1 aliphatic heterocycles. The molecule has 0 spiro atoms. The fourth-order valence-electron chi connectivity index (χ4n) is 2.47. The number of hydrogen-bond donors (Lipinski definition) is 0. The molecule has 0 aliphatic carbocycles. The number of rotatable bonds is 7. The number of hydrogen-bond acceptors (Lipinski definition) is 5. The minimum atomic E-state index is -3.26. The molecule has 1 fully saturated rings. The fraction of sp³-hybridized carbons (Fsp3) is 0.929. The molecule has 118 valence electrons. The summed E-state index contributed by atoms with van der Waals surface area (Å²) < 4.78 is 22.8. The summed E-state index contributed by atoms with van der Waals surface area (Å²) in [6.45, 7) is 12.2. The smallest absolute Gasteiger partial charge is 0.309 e. The van der Waals surface area contributed by atoms with E-state index in [9.17, 15) is 9.36 Å². The second-order valence-corrected chi connectivity index (χ2v) is 8.23. The maximum atomic E-state index is 12.4. The van der Waals surface area contributed by atoms with Crippen molar-refractivity contribution < 1.29 is 18.4 Å². The Hall–Kier alpha value is -0.220. The van der Waals surface area contributed by atoms with Crippen LogP contribution in [-0.2, 0) is 18.4 Å². The van der Waals surface area contributed by atoms with Gasteiger partial charge in [0.2, 0.25) is 0 Å². The molecule has 5 nitrogen and oxygen atoms in total. The van der Waals surface area contributed by atoms with Crippen molar-refractivity contribution >= 4 is 13.4 Å². The minimum Gasteiger partial charge on any atom is -0.309 e. The monoisotopic (exact) mass is 305 g/mol. The van der Waals surface area contributed by atoms with Gasteiger partial charge in [-0.1, -0.05) is 0 Å². The largest absolute Gasteiger partial charge is 0.338 e. The van der Waals surface area contributed by atoms with Gasteiger partial charge in [-0.3, -0.25) is 14.3 Å². The molecule has 1 unspecified atom stereocenters. The highest BCUT2D eigenvalue weighted by Crippen LogP contribution is 2.48. The molecule has 1 aliphatic rings. The molecule has 0 aromatic rings. The van der Waals surface area contributed by atoms with Gasteiger partial charge < -0.3 is 9.05 Å². The van der Waals surface area contributed by atoms with Crippen LogP contribution in [0.2, 0.25) is 0 Å². The van der Waals surface area contributed by atoms with Gasteiger partial charge in [0.05, 0.1) is 13.2 Å². The topological polar surface area (TPSA) is 55.8 Å². The average Bonchev–Trinajstić information content (AvgIpc) is 2.77. The molecule has 1 atom stereocenters. The van der Waals surface area contributed by atoms with E-state index in [4.69, 9.17) is 9.05 Å². The summed E-state index contributed by atoms with van der Waals surface area (Å²) in [6.07, 6.45) is 0.728. The molecular weight excluding hydrogens is 277 g/mol. The van der Waals surface area contributed by atoms with E-state index in [1.807, 2.05) is 0 Å². The summed E-state index contributed by atoms with van der Waals surface area (Å²) in [4.78, 5) is 14.6. The van der Waals surface area contributed by atoms with Crippen molar-refractivity contribution in [2.75, 3.05) is 32.5 Å². The highest BCUT2D eigenvalue weighted by Gasteiger charge is 2.37. The van der Waals surface area contributed by atoms with Crippen molar-refractivity contribution in [1.82, 2.24) is 4.90 Å². The van der Waals surface area contributed by atoms with Crippen LogP contribution in [0.5, 0.6) is 0 Å². The Morgan fingerprint density at radius 2 is 1.80 bits per heavy atom. The fourth-order valence-corrected chi connectivity index (χ4v) is 4.16. The van der Waals surface area contributed by atoms with Crippen LogP contribution in [0.4, 0.5) is 0 Å². The predicted octanol–water partition coefficient (Wildman–Crippen LogP) is 2.94. The third-order valence-corrected chi connectivity index (χ3v) is 5.60. The van der Waals surface area contributed by atoms with Crippen molar-refractivity contribution in [2.45, 2.75) is 46.6 Å². The first kappa shape index (κ1) is 17.8. The predicted molar refractivity (Wildman–Crippen MR) is 80.2 cm³/mol. The van der Waals surface area contributed by atoms with Crippen LogP contribution in [-0.4, -0.2) is 48.7 Å². The van der Waals surface area contributed by atoms with Crippen molar-refractivity contribution in [2.24, 2.45) is 5.92 Å². The van der Waals surface area contributed by atoms with Gasteiger partial charge in [0.25, 0.3) is 0 Å². The standard InChI is InChI=1S/C14H28NO4P/c1-6-18-20(17,19-7-2)11-13(16)12-8-9-15(10-12)14(3,4)5/h12H,6-11H2,1-5H3. The number of likely N-dealkylation sites (tertiary alicyclic amines) is 1. The molecule has 1 saturated heterocycles. The van der Waals surface area contributed by atoms with Crippen LogP contribution in [0.25, 0.3) is 0 Å². The summed E-state index contributed by atoms with van der Waals surface area (Å²) >= 11 is 0. The van der Waals surface area contributed by atoms with Gasteiger partial charge in [-0.05, 0) is 47.6 Å². The third kappa shape index (κ3) is 4.96. The first-order valence-electron chi connectivity index (χ1n) is 7.37. The highest BCUT2D eigenvalue weighted by atomic mass is 31.2. The van der Waals surface area contributed by atoms with Gasteiger partial charge in [-0.15, -0.1) is 0 Å². The van der Waals surface area contributed by atoms with Gasteiger partial charge >= 0.3 is 7.60 Å². The molecule has 0 saturated carbocycles. The third-order valence-electron chi connectivity index (χ3n) is 3.59. The lowest BCUT2D eigenvalue weighted by atomic mass is 10.0. The molecule has 0 aromatic carbocycles. The summed E-state index contributed by atoms with van der Waals surface area (Å²) in [7, 11) is -3.26. The molecule has 0 N–H and O–H groups in total. The van der Waals surface area contributed by atoms with Gasteiger partial charge in [-0.25, -0.2) is 0 Å². The van der Waals surface area contributed by atoms with Crippen molar-refractivity contribution in [1.29, 1.82) is 0 Å². The van der Waals surface area contributed by atoms with Gasteiger partial charge in [0.1, 0.15) is 11.9 Å². The lowest BCUT2D eigenvalue weighted by Crippen LogP contribution is -2.40. The molecular formula is C14H28NO4P. The Labute approximate surface area is 122 Å². The molecule has 0 bridgehead atoms. The maximum absolute atomic E-state index is 12.4. The van der Waals surface area contributed by atoms with Crippen molar-refractivity contribution in [3.05, 3.63) is 0 Å². The first-order chi connectivity index (χ1) is 9.22. The number of ketones is 1. The maximum Gasteiger partial charge on any atom is 0.338 e. The number of nitrogens with zero attached hydrogens (tertiary/aromatic N) is 1. The van der Waals surface area contributed by atoms with E-state index in [0.29, 0.717) is 13.2 Å². The molecule has 20 heavy (non-hydrogen) atoms. The van der Waals surface area contributed by atoms with E-state index in [0.717, 1.165) is 19.5 Å². The average molecular weight is 305 g/mol. The van der Waals surface area contributed by atoms with Crippen molar-refractivity contribution in [3.63, 3.8) is 0 Å². The summed E-state index contributed by atoms with van der Waals surface area (Å²) in [5.41, 5.74) is 0.0680. The Morgan fingerprint density at radius 1 is 1.25 bits per heavy atom. The van der Waals surface area contributed by atoms with E-state index in [1.165, 1.54) is 0 Å². The zero-order valence-electron chi connectivity index (χ0n) is 13.3. The second kappa shape index (κ2) is 7.17. The molecule has 1 heterocycles. The zero-order valence-corrected chi connectivity index (χ0v) is 14.2. The van der Waals surface area contributed by atoms with Crippen LogP contribution < -0.4 is 0 Å².